The maximum absolute atomic E-state index is 13.7. The highest BCUT2D eigenvalue weighted by Gasteiger charge is 2.20. The van der Waals surface area contributed by atoms with Gasteiger partial charge >= 0.3 is 0 Å². The van der Waals surface area contributed by atoms with Crippen molar-refractivity contribution in [2.45, 2.75) is 19.3 Å². The van der Waals surface area contributed by atoms with Gasteiger partial charge in [-0.3, -0.25) is 0 Å². The Balaban J connectivity index is 3.22. The Labute approximate surface area is 103 Å². The van der Waals surface area contributed by atoms with E-state index in [1.54, 1.807) is 6.07 Å². The monoisotopic (exact) mass is 291 g/mol. The van der Waals surface area contributed by atoms with Crippen molar-refractivity contribution in [3.05, 3.63) is 21.9 Å². The summed E-state index contributed by atoms with van der Waals surface area (Å²) in [6, 6.07) is 1.66. The number of phenolic OH excluding ortho intramolecular Hbond substituents is 1. The molecule has 90 valence electrons. The molecule has 0 amide bonds. The van der Waals surface area contributed by atoms with Crippen LogP contribution in [0.2, 0.25) is 0 Å². The van der Waals surface area contributed by atoms with Gasteiger partial charge in [-0.05, 0) is 40.9 Å². The summed E-state index contributed by atoms with van der Waals surface area (Å²) < 4.78 is 19.0. The van der Waals surface area contributed by atoms with Gasteiger partial charge in [-0.2, -0.15) is 4.39 Å². The fourth-order valence-electron chi connectivity index (χ4n) is 1.58. The fraction of sp³-hybridized carbons (Fsp3) is 0.455. The zero-order valence-electron chi connectivity index (χ0n) is 9.26. The Bertz CT molecular complexity index is 385. The predicted octanol–water partition coefficient (Wildman–Crippen LogP) is 2.75. The third-order valence-corrected chi connectivity index (χ3v) is 3.10. The van der Waals surface area contributed by atoms with Gasteiger partial charge in [0.2, 0.25) is 5.82 Å². The second kappa shape index (κ2) is 5.50. The number of nitrogens with two attached hydrogens (primary N) is 1. The van der Waals surface area contributed by atoms with E-state index in [1.807, 2.05) is 6.92 Å². The van der Waals surface area contributed by atoms with Crippen LogP contribution < -0.4 is 10.5 Å². The first kappa shape index (κ1) is 13.3. The molecule has 0 heterocycles. The molecule has 3 nitrogen and oxygen atoms in total. The van der Waals surface area contributed by atoms with E-state index in [1.165, 1.54) is 7.11 Å². The van der Waals surface area contributed by atoms with Crippen LogP contribution in [-0.2, 0) is 0 Å². The molecule has 0 saturated heterocycles. The van der Waals surface area contributed by atoms with E-state index in [0.29, 0.717) is 23.0 Å². The first-order valence-corrected chi connectivity index (χ1v) is 5.77. The van der Waals surface area contributed by atoms with Gasteiger partial charge in [0, 0.05) is 5.56 Å². The molecule has 0 aliphatic rings. The fourth-order valence-corrected chi connectivity index (χ4v) is 2.16. The zero-order valence-corrected chi connectivity index (χ0v) is 10.8. The lowest BCUT2D eigenvalue weighted by Gasteiger charge is -2.15. The quantitative estimate of drug-likeness (QED) is 0.897. The van der Waals surface area contributed by atoms with Crippen molar-refractivity contribution in [3.8, 4) is 11.5 Å². The number of aromatic hydroxyl groups is 1. The molecule has 0 aliphatic heterocycles. The van der Waals surface area contributed by atoms with Crippen molar-refractivity contribution in [2.24, 2.45) is 5.73 Å². The molecule has 5 heteroatoms. The second-order valence-corrected chi connectivity index (χ2v) is 4.48. The van der Waals surface area contributed by atoms with E-state index in [4.69, 9.17) is 10.5 Å². The van der Waals surface area contributed by atoms with Gasteiger partial charge in [0.15, 0.2) is 11.5 Å². The molecule has 0 bridgehead atoms. The highest BCUT2D eigenvalue weighted by atomic mass is 79.9. The van der Waals surface area contributed by atoms with Crippen molar-refractivity contribution < 1.29 is 14.2 Å². The van der Waals surface area contributed by atoms with E-state index in [0.717, 1.165) is 0 Å². The first-order chi connectivity index (χ1) is 7.52. The summed E-state index contributed by atoms with van der Waals surface area (Å²) in [5, 5.41) is 9.71. The first-order valence-electron chi connectivity index (χ1n) is 4.97. The maximum atomic E-state index is 13.7. The summed E-state index contributed by atoms with van der Waals surface area (Å²) in [6.45, 7) is 2.38. The molecular weight excluding hydrogens is 277 g/mol. The van der Waals surface area contributed by atoms with Gasteiger partial charge in [-0.1, -0.05) is 6.92 Å². The third-order valence-electron chi connectivity index (χ3n) is 2.51. The van der Waals surface area contributed by atoms with Crippen LogP contribution in [0.25, 0.3) is 0 Å². The van der Waals surface area contributed by atoms with Crippen LogP contribution in [0.4, 0.5) is 4.39 Å². The third kappa shape index (κ3) is 2.47. The minimum Gasteiger partial charge on any atom is -0.505 e. The Hall–Kier alpha value is -0.810. The molecule has 16 heavy (non-hydrogen) atoms. The molecule has 1 rings (SSSR count). The normalized spacial score (nSPS) is 12.6. The number of phenols is 1. The van der Waals surface area contributed by atoms with E-state index < -0.39 is 5.82 Å². The second-order valence-electron chi connectivity index (χ2n) is 3.62. The Morgan fingerprint density at radius 3 is 2.75 bits per heavy atom. The van der Waals surface area contributed by atoms with Gasteiger partial charge < -0.3 is 15.6 Å². The highest BCUT2D eigenvalue weighted by molar-refractivity contribution is 9.10. The van der Waals surface area contributed by atoms with Crippen molar-refractivity contribution in [1.82, 2.24) is 0 Å². The van der Waals surface area contributed by atoms with Crippen LogP contribution in [-0.4, -0.2) is 18.8 Å². The predicted molar refractivity (Wildman–Crippen MR) is 64.4 cm³/mol. The minimum absolute atomic E-state index is 0.00158. The van der Waals surface area contributed by atoms with Crippen LogP contribution in [0.15, 0.2) is 10.5 Å². The highest BCUT2D eigenvalue weighted by Crippen LogP contribution is 2.40. The number of benzene rings is 1. The minimum atomic E-state index is -0.740. The number of ether oxygens (including phenoxy) is 1. The Kier molecular flexibility index (Phi) is 4.56. The molecule has 0 radical (unpaired) electrons. The van der Waals surface area contributed by atoms with Crippen molar-refractivity contribution in [1.29, 1.82) is 0 Å². The Morgan fingerprint density at radius 2 is 2.25 bits per heavy atom. The molecule has 0 spiro atoms. The molecule has 0 fully saturated rings. The molecule has 0 aromatic heterocycles. The van der Waals surface area contributed by atoms with E-state index in [9.17, 15) is 9.50 Å². The van der Waals surface area contributed by atoms with Gasteiger partial charge in [0.25, 0.3) is 0 Å². The number of methoxy groups -OCH3 is 1. The summed E-state index contributed by atoms with van der Waals surface area (Å²) in [7, 11) is 1.35. The molecule has 1 atom stereocenters. The van der Waals surface area contributed by atoms with Crippen LogP contribution >= 0.6 is 15.9 Å². The van der Waals surface area contributed by atoms with Gasteiger partial charge in [0.1, 0.15) is 0 Å². The molecule has 0 saturated carbocycles. The Morgan fingerprint density at radius 1 is 1.62 bits per heavy atom. The smallest absolute Gasteiger partial charge is 0.208 e. The summed E-state index contributed by atoms with van der Waals surface area (Å²) in [5.74, 6) is -1.08. The van der Waals surface area contributed by atoms with E-state index in [2.05, 4.69) is 15.9 Å². The molecule has 0 aliphatic carbocycles. The summed E-state index contributed by atoms with van der Waals surface area (Å²) >= 11 is 3.20. The van der Waals surface area contributed by atoms with Crippen LogP contribution in [0.1, 0.15) is 24.8 Å². The number of rotatable bonds is 4. The number of hydrogen-bond donors (Lipinski definition) is 2. The molecular formula is C11H15BrFNO2. The van der Waals surface area contributed by atoms with E-state index >= 15 is 0 Å². The zero-order chi connectivity index (χ0) is 12.3. The van der Waals surface area contributed by atoms with Crippen LogP contribution in [0, 0.1) is 5.82 Å². The molecule has 1 unspecified atom stereocenters. The maximum Gasteiger partial charge on any atom is 0.208 e. The summed E-state index contributed by atoms with van der Waals surface area (Å²) in [5.41, 5.74) is 5.97. The summed E-state index contributed by atoms with van der Waals surface area (Å²) in [4.78, 5) is 0. The number of halogens is 2. The summed E-state index contributed by atoms with van der Waals surface area (Å²) in [6.07, 6.45) is 0.686. The van der Waals surface area contributed by atoms with Crippen LogP contribution in [0.3, 0.4) is 0 Å². The topological polar surface area (TPSA) is 55.5 Å². The van der Waals surface area contributed by atoms with Crippen LogP contribution in [0.5, 0.6) is 11.5 Å². The molecule has 1 aromatic carbocycles. The SMILES string of the molecule is COc1c(Br)cc(C(C)CCN)c(O)c1F. The lowest BCUT2D eigenvalue weighted by atomic mass is 9.96. The van der Waals surface area contributed by atoms with Crippen molar-refractivity contribution in [3.63, 3.8) is 0 Å². The average molecular weight is 292 g/mol. The lowest BCUT2D eigenvalue weighted by Crippen LogP contribution is -2.06. The average Bonchev–Trinajstić information content (AvgIpc) is 2.24. The van der Waals surface area contributed by atoms with Crippen molar-refractivity contribution >= 4 is 15.9 Å². The molecule has 1 aromatic rings. The number of hydrogen-bond acceptors (Lipinski definition) is 3. The van der Waals surface area contributed by atoms with Gasteiger partial charge in [-0.25, -0.2) is 0 Å². The van der Waals surface area contributed by atoms with Gasteiger partial charge in [0.05, 0.1) is 11.6 Å². The largest absolute Gasteiger partial charge is 0.505 e. The standard InChI is InChI=1S/C11H15BrFNO2/c1-6(3-4-14)7-5-8(12)11(16-2)9(13)10(7)15/h5-6,15H,3-4,14H2,1-2H3. The lowest BCUT2D eigenvalue weighted by molar-refractivity contribution is 0.358. The molecule has 3 N–H and O–H groups in total. The van der Waals surface area contributed by atoms with Gasteiger partial charge in [-0.15, -0.1) is 0 Å². The van der Waals surface area contributed by atoms with E-state index in [-0.39, 0.29) is 17.4 Å². The van der Waals surface area contributed by atoms with Crippen molar-refractivity contribution in [2.75, 3.05) is 13.7 Å².